The van der Waals surface area contributed by atoms with E-state index in [4.69, 9.17) is 23.2 Å². The summed E-state index contributed by atoms with van der Waals surface area (Å²) in [7, 11) is 0. The molecule has 0 spiro atoms. The second-order valence-corrected chi connectivity index (χ2v) is 8.53. The minimum atomic E-state index is -0.516. The molecule has 2 heterocycles. The summed E-state index contributed by atoms with van der Waals surface area (Å²) in [6.07, 6.45) is 0.691. The molecule has 1 aromatic heterocycles. The van der Waals surface area contributed by atoms with Gasteiger partial charge in [-0.25, -0.2) is 4.98 Å². The van der Waals surface area contributed by atoms with Crippen LogP contribution < -0.4 is 4.90 Å². The number of anilines is 1. The zero-order valence-corrected chi connectivity index (χ0v) is 17.2. The predicted octanol–water partition coefficient (Wildman–Crippen LogP) is 3.70. The van der Waals surface area contributed by atoms with Gasteiger partial charge < -0.3 is 9.80 Å². The zero-order chi connectivity index (χ0) is 18.7. The molecule has 140 valence electrons. The number of hydrogen-bond donors (Lipinski definition) is 0. The van der Waals surface area contributed by atoms with Gasteiger partial charge in [0.1, 0.15) is 5.82 Å². The molecule has 1 saturated heterocycles. The normalized spacial score (nSPS) is 15.4. The Morgan fingerprint density at radius 2 is 1.85 bits per heavy atom. The summed E-state index contributed by atoms with van der Waals surface area (Å²) in [5, 5.41) is 1.64. The molecule has 0 atom stereocenters. The number of carbonyl (C=O) groups excluding carboxylic acids is 1. The van der Waals surface area contributed by atoms with Crippen molar-refractivity contribution in [3.63, 3.8) is 0 Å². The van der Waals surface area contributed by atoms with Crippen molar-refractivity contribution in [3.05, 3.63) is 40.7 Å². The first kappa shape index (κ1) is 19.4. The van der Waals surface area contributed by atoms with Crippen molar-refractivity contribution in [3.8, 4) is 0 Å². The minimum Gasteiger partial charge on any atom is -0.343 e. The zero-order valence-electron chi connectivity index (χ0n) is 14.9. The van der Waals surface area contributed by atoms with Crippen LogP contribution in [-0.4, -0.2) is 52.2 Å². The highest BCUT2D eigenvalue weighted by Gasteiger charge is 2.33. The quantitative estimate of drug-likeness (QED) is 0.702. The molecule has 0 radical (unpaired) electrons. The van der Waals surface area contributed by atoms with E-state index in [0.717, 1.165) is 34.6 Å². The van der Waals surface area contributed by atoms with Crippen LogP contribution in [0, 0.1) is 5.41 Å². The summed E-state index contributed by atoms with van der Waals surface area (Å²) in [4.78, 5) is 21.3. The fourth-order valence-electron chi connectivity index (χ4n) is 2.82. The van der Waals surface area contributed by atoms with Gasteiger partial charge in [0.2, 0.25) is 11.0 Å². The molecule has 0 bridgehead atoms. The number of hydrogen-bond acceptors (Lipinski definition) is 5. The van der Waals surface area contributed by atoms with E-state index in [1.165, 1.54) is 11.5 Å². The molecule has 1 aromatic carbocycles. The van der Waals surface area contributed by atoms with E-state index in [9.17, 15) is 4.79 Å². The molecule has 26 heavy (non-hydrogen) atoms. The van der Waals surface area contributed by atoms with Crippen LogP contribution in [0.15, 0.2) is 24.3 Å². The van der Waals surface area contributed by atoms with Crippen molar-refractivity contribution < 1.29 is 4.79 Å². The standard InChI is InChI=1S/C18H22Cl2N4OS/c1-18(2,12-19)16(25)23-7-9-24(10-8-23)17-21-15(22-26-17)11-13-3-5-14(20)6-4-13/h3-6H,7-12H2,1-2H3. The van der Waals surface area contributed by atoms with Crippen LogP contribution in [0.3, 0.4) is 0 Å². The monoisotopic (exact) mass is 412 g/mol. The van der Waals surface area contributed by atoms with Gasteiger partial charge in [0.25, 0.3) is 0 Å². The first-order valence-corrected chi connectivity index (χ1v) is 10.2. The van der Waals surface area contributed by atoms with E-state index in [-0.39, 0.29) is 5.91 Å². The van der Waals surface area contributed by atoms with Gasteiger partial charge in [-0.05, 0) is 31.5 Å². The topological polar surface area (TPSA) is 49.3 Å². The number of carbonyl (C=O) groups is 1. The molecule has 0 N–H and O–H groups in total. The first-order chi connectivity index (χ1) is 12.4. The van der Waals surface area contributed by atoms with E-state index in [1.54, 1.807) is 0 Å². The fraction of sp³-hybridized carbons (Fsp3) is 0.500. The second-order valence-electron chi connectivity index (χ2n) is 7.09. The lowest BCUT2D eigenvalue weighted by Gasteiger charge is -2.37. The Hall–Kier alpha value is -1.37. The van der Waals surface area contributed by atoms with Gasteiger partial charge in [0.15, 0.2) is 0 Å². The van der Waals surface area contributed by atoms with E-state index in [1.807, 2.05) is 43.0 Å². The molecule has 0 saturated carbocycles. The third-order valence-electron chi connectivity index (χ3n) is 4.48. The van der Waals surface area contributed by atoms with Gasteiger partial charge in [0.05, 0.1) is 5.41 Å². The average Bonchev–Trinajstić information content (AvgIpc) is 3.11. The van der Waals surface area contributed by atoms with Crippen LogP contribution in [0.25, 0.3) is 0 Å². The maximum absolute atomic E-state index is 12.5. The van der Waals surface area contributed by atoms with E-state index in [2.05, 4.69) is 14.3 Å². The number of nitrogens with zero attached hydrogens (tertiary/aromatic N) is 4. The third-order valence-corrected chi connectivity index (χ3v) is 6.22. The van der Waals surface area contributed by atoms with Gasteiger partial charge >= 0.3 is 0 Å². The van der Waals surface area contributed by atoms with Crippen molar-refractivity contribution in [1.82, 2.24) is 14.3 Å². The Kier molecular flexibility index (Phi) is 6.05. The van der Waals surface area contributed by atoms with Crippen molar-refractivity contribution >= 4 is 45.8 Å². The Morgan fingerprint density at radius 1 is 1.19 bits per heavy atom. The van der Waals surface area contributed by atoms with Crippen molar-refractivity contribution in [2.24, 2.45) is 5.41 Å². The van der Waals surface area contributed by atoms with E-state index >= 15 is 0 Å². The van der Waals surface area contributed by atoms with Gasteiger partial charge in [-0.3, -0.25) is 4.79 Å². The molecule has 3 rings (SSSR count). The number of amides is 1. The van der Waals surface area contributed by atoms with Crippen LogP contribution in [0.1, 0.15) is 25.2 Å². The number of aromatic nitrogens is 2. The summed E-state index contributed by atoms with van der Waals surface area (Å²) in [5.74, 6) is 1.26. The molecule has 0 aliphatic carbocycles. The second kappa shape index (κ2) is 8.11. The summed E-state index contributed by atoms with van der Waals surface area (Å²) in [6.45, 7) is 6.68. The summed E-state index contributed by atoms with van der Waals surface area (Å²) >= 11 is 13.3. The minimum absolute atomic E-state index is 0.118. The van der Waals surface area contributed by atoms with Crippen molar-refractivity contribution in [1.29, 1.82) is 0 Å². The van der Waals surface area contributed by atoms with Crippen molar-refractivity contribution in [2.75, 3.05) is 37.0 Å². The van der Waals surface area contributed by atoms with Crippen LogP contribution in [0.2, 0.25) is 5.02 Å². The Labute approximate surface area is 168 Å². The number of alkyl halides is 1. The van der Waals surface area contributed by atoms with Crippen LogP contribution >= 0.6 is 34.7 Å². The molecule has 8 heteroatoms. The largest absolute Gasteiger partial charge is 0.343 e. The molecule has 5 nitrogen and oxygen atoms in total. The number of rotatable bonds is 5. The number of halogens is 2. The number of benzene rings is 1. The average molecular weight is 413 g/mol. The fourth-order valence-corrected chi connectivity index (χ4v) is 3.79. The van der Waals surface area contributed by atoms with Gasteiger partial charge in [-0.2, -0.15) is 4.37 Å². The lowest BCUT2D eigenvalue weighted by atomic mass is 9.94. The Morgan fingerprint density at radius 3 is 2.46 bits per heavy atom. The van der Waals surface area contributed by atoms with Crippen molar-refractivity contribution in [2.45, 2.75) is 20.3 Å². The van der Waals surface area contributed by atoms with E-state index < -0.39 is 5.41 Å². The Balaban J connectivity index is 1.58. The summed E-state index contributed by atoms with van der Waals surface area (Å²) in [6, 6.07) is 7.74. The molecular formula is C18H22Cl2N4OS. The molecule has 2 aromatic rings. The van der Waals surface area contributed by atoms with Gasteiger partial charge in [-0.15, -0.1) is 11.6 Å². The molecule has 1 aliphatic heterocycles. The molecular weight excluding hydrogens is 391 g/mol. The molecule has 1 aliphatic rings. The SMILES string of the molecule is CC(C)(CCl)C(=O)N1CCN(c2nc(Cc3ccc(Cl)cc3)ns2)CC1. The third kappa shape index (κ3) is 4.48. The van der Waals surface area contributed by atoms with Gasteiger partial charge in [-0.1, -0.05) is 23.7 Å². The molecule has 1 amide bonds. The Bertz CT molecular complexity index is 755. The highest BCUT2D eigenvalue weighted by Crippen LogP contribution is 2.24. The predicted molar refractivity (Wildman–Crippen MR) is 107 cm³/mol. The molecule has 1 fully saturated rings. The van der Waals surface area contributed by atoms with Gasteiger partial charge in [0, 0.05) is 55.0 Å². The first-order valence-electron chi connectivity index (χ1n) is 8.56. The highest BCUT2D eigenvalue weighted by atomic mass is 35.5. The maximum atomic E-state index is 12.5. The maximum Gasteiger partial charge on any atom is 0.229 e. The lowest BCUT2D eigenvalue weighted by Crippen LogP contribution is -2.52. The highest BCUT2D eigenvalue weighted by molar-refractivity contribution is 7.09. The van der Waals surface area contributed by atoms with Crippen LogP contribution in [0.5, 0.6) is 0 Å². The summed E-state index contributed by atoms with van der Waals surface area (Å²) < 4.78 is 4.47. The van der Waals surface area contributed by atoms with E-state index in [0.29, 0.717) is 25.4 Å². The smallest absolute Gasteiger partial charge is 0.229 e. The van der Waals surface area contributed by atoms with Crippen LogP contribution in [0.4, 0.5) is 5.13 Å². The summed E-state index contributed by atoms with van der Waals surface area (Å²) in [5.41, 5.74) is 0.621. The lowest BCUT2D eigenvalue weighted by molar-refractivity contribution is -0.139. The molecule has 0 unspecified atom stereocenters. The number of piperazine rings is 1. The van der Waals surface area contributed by atoms with Crippen LogP contribution in [-0.2, 0) is 11.2 Å².